The Morgan fingerprint density at radius 1 is 1.03 bits per heavy atom. The van der Waals surface area contributed by atoms with Crippen LogP contribution in [0.1, 0.15) is 16.7 Å². The molecular weight excluding hydrogens is 397 g/mol. The summed E-state index contributed by atoms with van der Waals surface area (Å²) in [6, 6.07) is 11.5. The van der Waals surface area contributed by atoms with Gasteiger partial charge < -0.3 is 5.32 Å². The Hall–Kier alpha value is -2.90. The number of benzene rings is 1. The van der Waals surface area contributed by atoms with E-state index in [-0.39, 0.29) is 5.82 Å². The molecule has 1 N–H and O–H groups in total. The highest BCUT2D eigenvalue weighted by molar-refractivity contribution is 7.98. The molecule has 4 rings (SSSR count). The molecule has 0 unspecified atom stereocenters. The lowest BCUT2D eigenvalue weighted by Crippen LogP contribution is -2.03. The third-order valence-corrected chi connectivity index (χ3v) is 5.78. The molecule has 3 aromatic heterocycles. The Kier molecular flexibility index (Phi) is 6.30. The molecule has 1 aromatic carbocycles. The number of halogens is 1. The van der Waals surface area contributed by atoms with Gasteiger partial charge in [0.05, 0.1) is 11.9 Å². The molecule has 154 valence electrons. The van der Waals surface area contributed by atoms with Crippen LogP contribution in [-0.4, -0.2) is 25.8 Å². The van der Waals surface area contributed by atoms with Crippen LogP contribution < -0.4 is 5.32 Å². The van der Waals surface area contributed by atoms with Crippen LogP contribution in [0.15, 0.2) is 72.3 Å². The molecule has 0 aliphatic heterocycles. The third-order valence-electron chi connectivity index (χ3n) is 4.83. The van der Waals surface area contributed by atoms with E-state index in [9.17, 15) is 0 Å². The van der Waals surface area contributed by atoms with Gasteiger partial charge in [0.15, 0.2) is 0 Å². The molecule has 30 heavy (non-hydrogen) atoms. The van der Waals surface area contributed by atoms with Crippen molar-refractivity contribution in [3.05, 3.63) is 89.9 Å². The molecule has 5 nitrogen and oxygen atoms in total. The lowest BCUT2D eigenvalue weighted by atomic mass is 10.0. The van der Waals surface area contributed by atoms with Crippen molar-refractivity contribution in [1.82, 2.24) is 24.1 Å². The van der Waals surface area contributed by atoms with Gasteiger partial charge in [-0.15, -0.1) is 0 Å². The number of nitrogens with zero attached hydrogens (tertiary/aromatic N) is 4. The van der Waals surface area contributed by atoms with E-state index in [1.165, 1.54) is 11.9 Å². The van der Waals surface area contributed by atoms with E-state index in [0.29, 0.717) is 5.56 Å². The molecule has 4 aromatic rings. The minimum atomic E-state index is -0.208. The quantitative estimate of drug-likeness (QED) is 0.456. The normalized spacial score (nSPS) is 11.2. The van der Waals surface area contributed by atoms with E-state index in [1.54, 1.807) is 16.9 Å². The number of pyridine rings is 1. The number of aromatic nitrogens is 4. The lowest BCUT2D eigenvalue weighted by molar-refractivity contribution is 0.628. The van der Waals surface area contributed by atoms with Crippen LogP contribution in [0.2, 0.25) is 0 Å². The second kappa shape index (κ2) is 9.28. The van der Waals surface area contributed by atoms with Gasteiger partial charge in [0.1, 0.15) is 5.82 Å². The number of hydrogen-bond acceptors (Lipinski definition) is 4. The highest BCUT2D eigenvalue weighted by atomic mass is 32.2. The van der Waals surface area contributed by atoms with Crippen molar-refractivity contribution in [1.29, 1.82) is 0 Å². The van der Waals surface area contributed by atoms with Crippen molar-refractivity contribution in [3.63, 3.8) is 0 Å². The summed E-state index contributed by atoms with van der Waals surface area (Å²) in [6.45, 7) is 0.721. The second-order valence-corrected chi connectivity index (χ2v) is 8.25. The van der Waals surface area contributed by atoms with Crippen molar-refractivity contribution in [2.45, 2.75) is 24.3 Å². The first-order chi connectivity index (χ1) is 14.6. The van der Waals surface area contributed by atoms with Crippen molar-refractivity contribution < 1.29 is 4.39 Å². The first-order valence-electron chi connectivity index (χ1n) is 9.83. The second-order valence-electron chi connectivity index (χ2n) is 7.21. The predicted octanol–water partition coefficient (Wildman–Crippen LogP) is 4.48. The maximum atomic E-state index is 15.1. The molecule has 0 spiro atoms. The molecule has 0 fully saturated rings. The van der Waals surface area contributed by atoms with Crippen molar-refractivity contribution in [3.8, 4) is 11.3 Å². The Bertz CT molecular complexity index is 1120. The van der Waals surface area contributed by atoms with E-state index in [1.807, 2.05) is 73.2 Å². The van der Waals surface area contributed by atoms with Gasteiger partial charge in [0.2, 0.25) is 0 Å². The number of hydrogen-bond donors (Lipinski definition) is 1. The van der Waals surface area contributed by atoms with E-state index < -0.39 is 0 Å². The van der Waals surface area contributed by atoms with Crippen molar-refractivity contribution in [2.75, 3.05) is 7.05 Å². The van der Waals surface area contributed by atoms with E-state index in [0.717, 1.165) is 46.7 Å². The molecule has 0 aliphatic carbocycles. The van der Waals surface area contributed by atoms with E-state index in [2.05, 4.69) is 15.4 Å². The molecule has 7 heteroatoms. The maximum absolute atomic E-state index is 15.1. The molecule has 0 bridgehead atoms. The van der Waals surface area contributed by atoms with Gasteiger partial charge in [-0.1, -0.05) is 6.07 Å². The van der Waals surface area contributed by atoms with Crippen LogP contribution in [0.4, 0.5) is 4.39 Å². The highest BCUT2D eigenvalue weighted by Gasteiger charge is 2.14. The summed E-state index contributed by atoms with van der Waals surface area (Å²) in [7, 11) is 3.81. The van der Waals surface area contributed by atoms with E-state index in [4.69, 9.17) is 0 Å². The first kappa shape index (κ1) is 20.4. The van der Waals surface area contributed by atoms with Gasteiger partial charge >= 0.3 is 0 Å². The summed E-state index contributed by atoms with van der Waals surface area (Å²) in [5.41, 5.74) is 4.67. The molecule has 0 aliphatic rings. The fourth-order valence-electron chi connectivity index (χ4n) is 3.40. The summed E-state index contributed by atoms with van der Waals surface area (Å²) >= 11 is 1.53. The van der Waals surface area contributed by atoms with Gasteiger partial charge in [0.25, 0.3) is 0 Å². The van der Waals surface area contributed by atoms with Gasteiger partial charge in [-0.3, -0.25) is 13.6 Å². The van der Waals surface area contributed by atoms with Gasteiger partial charge in [-0.25, -0.2) is 4.39 Å². The summed E-state index contributed by atoms with van der Waals surface area (Å²) in [4.78, 5) is 5.17. The van der Waals surface area contributed by atoms with Gasteiger partial charge in [0, 0.05) is 48.8 Å². The smallest absolute Gasteiger partial charge is 0.132 e. The van der Waals surface area contributed by atoms with Crippen LogP contribution >= 0.6 is 11.9 Å². The molecule has 0 saturated carbocycles. The number of aryl methyl sites for hydroxylation is 3. The molecule has 0 amide bonds. The fourth-order valence-corrected chi connectivity index (χ4v) is 4.31. The zero-order chi connectivity index (χ0) is 20.9. The molecule has 0 atom stereocenters. The van der Waals surface area contributed by atoms with Gasteiger partial charge in [-0.2, -0.15) is 5.10 Å². The summed E-state index contributed by atoms with van der Waals surface area (Å²) in [5, 5.41) is 7.35. The summed E-state index contributed by atoms with van der Waals surface area (Å²) in [5.74, 6) is -0.208. The Morgan fingerprint density at radius 3 is 2.60 bits per heavy atom. The zero-order valence-electron chi connectivity index (χ0n) is 17.0. The molecule has 0 saturated heterocycles. The van der Waals surface area contributed by atoms with Gasteiger partial charge in [-0.05, 0) is 78.9 Å². The van der Waals surface area contributed by atoms with Crippen LogP contribution in [-0.2, 0) is 26.4 Å². The number of nitrogens with one attached hydrogen (secondary N) is 1. The average Bonchev–Trinajstić information content (AvgIpc) is 3.33. The standard InChI is InChI=1S/C23H24FN5S/c1-25-12-19-11-23(29(16-19)30-20-4-3-9-26-14-20)21-8-7-17(10-22(21)24)5-6-18-13-27-28(2)15-18/h3-4,7-11,13-16,25H,5-6,12H2,1-2H3. The highest BCUT2D eigenvalue weighted by Crippen LogP contribution is 2.32. The third kappa shape index (κ3) is 4.80. The van der Waals surface area contributed by atoms with Crippen LogP contribution in [0, 0.1) is 5.82 Å². The predicted molar refractivity (Wildman–Crippen MR) is 119 cm³/mol. The number of rotatable bonds is 8. The van der Waals surface area contributed by atoms with Crippen molar-refractivity contribution in [2.24, 2.45) is 7.05 Å². The average molecular weight is 422 g/mol. The molecule has 0 radical (unpaired) electrons. The SMILES string of the molecule is CNCc1cc(-c2ccc(CCc3cnn(C)c3)cc2F)n(Sc2cccnc2)c1. The molecule has 3 heterocycles. The Labute approximate surface area is 180 Å². The minimum absolute atomic E-state index is 0.208. The topological polar surface area (TPSA) is 47.7 Å². The van der Waals surface area contributed by atoms with Crippen LogP contribution in [0.25, 0.3) is 11.3 Å². The largest absolute Gasteiger partial charge is 0.316 e. The van der Waals surface area contributed by atoms with Crippen LogP contribution in [0.5, 0.6) is 0 Å². The maximum Gasteiger partial charge on any atom is 0.132 e. The lowest BCUT2D eigenvalue weighted by Gasteiger charge is -2.10. The first-order valence-corrected chi connectivity index (χ1v) is 10.6. The Balaban J connectivity index is 1.59. The monoisotopic (exact) mass is 421 g/mol. The summed E-state index contributed by atoms with van der Waals surface area (Å²) in [6.07, 6.45) is 11.1. The minimum Gasteiger partial charge on any atom is -0.316 e. The van der Waals surface area contributed by atoms with Crippen molar-refractivity contribution >= 4 is 11.9 Å². The summed E-state index contributed by atoms with van der Waals surface area (Å²) < 4.78 is 18.9. The fraction of sp³-hybridized carbons (Fsp3) is 0.217. The van der Waals surface area contributed by atoms with E-state index >= 15 is 4.39 Å². The molecular formula is C23H24FN5S. The van der Waals surface area contributed by atoms with Crippen LogP contribution in [0.3, 0.4) is 0 Å². The Morgan fingerprint density at radius 2 is 1.90 bits per heavy atom. The zero-order valence-corrected chi connectivity index (χ0v) is 17.9.